The van der Waals surface area contributed by atoms with Gasteiger partial charge in [-0.3, -0.25) is 4.98 Å². The van der Waals surface area contributed by atoms with Crippen LogP contribution in [0.3, 0.4) is 0 Å². The molecule has 3 rings (SSSR count). The molecule has 5 heteroatoms. The van der Waals surface area contributed by atoms with Gasteiger partial charge in [-0.15, -0.1) is 0 Å². The van der Waals surface area contributed by atoms with Crippen LogP contribution in [0.15, 0.2) is 53.7 Å². The summed E-state index contributed by atoms with van der Waals surface area (Å²) in [4.78, 5) is 13.9. The molecule has 2 heterocycles. The second-order valence-electron chi connectivity index (χ2n) is 4.84. The van der Waals surface area contributed by atoms with E-state index >= 15 is 0 Å². The minimum Gasteiger partial charge on any atom is -0.363 e. The van der Waals surface area contributed by atoms with Crippen molar-refractivity contribution >= 4 is 18.3 Å². The number of nitrogens with one attached hydrogen (secondary N) is 1. The van der Waals surface area contributed by atoms with Crippen LogP contribution in [0.4, 0.5) is 0 Å². The number of rotatable bonds is 3. The largest absolute Gasteiger partial charge is 0.363 e. The summed E-state index contributed by atoms with van der Waals surface area (Å²) in [5.74, 6) is 1.09. The van der Waals surface area contributed by atoms with E-state index in [-0.39, 0.29) is 6.04 Å². The molecule has 1 atom stereocenters. The third-order valence-corrected chi connectivity index (χ3v) is 3.19. The molecule has 3 N–H and O–H groups in total. The summed E-state index contributed by atoms with van der Waals surface area (Å²) in [5.41, 5.74) is 10.1. The maximum absolute atomic E-state index is 6.14. The zero-order chi connectivity index (χ0) is 14.7. The van der Waals surface area contributed by atoms with Crippen molar-refractivity contribution in [2.75, 3.05) is 0 Å². The van der Waals surface area contributed by atoms with Crippen LogP contribution in [0.1, 0.15) is 5.56 Å². The molecule has 2 aromatic rings. The topological polar surface area (TPSA) is 72.5 Å². The number of hydroxylamine groups is 1. The fourth-order valence-electron chi connectivity index (χ4n) is 2.06. The van der Waals surface area contributed by atoms with Gasteiger partial charge in [0.1, 0.15) is 0 Å². The number of nitrogens with two attached hydrogens (primary N) is 1. The Morgan fingerprint density at radius 1 is 1.19 bits per heavy atom. The predicted octanol–water partition coefficient (Wildman–Crippen LogP) is 0.0609. The van der Waals surface area contributed by atoms with Crippen molar-refractivity contribution in [1.29, 1.82) is 0 Å². The minimum atomic E-state index is -0.294. The number of aliphatic imine (C=N–C) groups is 1. The molecule has 0 spiro atoms. The van der Waals surface area contributed by atoms with Crippen LogP contribution in [0.25, 0.3) is 12.4 Å². The first-order valence-electron chi connectivity index (χ1n) is 6.68. The van der Waals surface area contributed by atoms with Crippen molar-refractivity contribution in [3.05, 3.63) is 64.8 Å². The lowest BCUT2D eigenvalue weighted by Crippen LogP contribution is -2.34. The molecule has 0 bridgehead atoms. The summed E-state index contributed by atoms with van der Waals surface area (Å²) in [6.45, 7) is 3.75. The Labute approximate surface area is 122 Å². The highest BCUT2D eigenvalue weighted by molar-refractivity contribution is 5.87. The molecule has 0 aliphatic carbocycles. The highest BCUT2D eigenvalue weighted by Gasteiger charge is 2.20. The summed E-state index contributed by atoms with van der Waals surface area (Å²) < 4.78 is 0. The van der Waals surface area contributed by atoms with Crippen molar-refractivity contribution in [2.45, 2.75) is 12.5 Å². The van der Waals surface area contributed by atoms with E-state index < -0.39 is 0 Å². The Kier molecular flexibility index (Phi) is 3.66. The first-order valence-corrected chi connectivity index (χ1v) is 6.68. The van der Waals surface area contributed by atoms with E-state index in [0.29, 0.717) is 23.5 Å². The lowest BCUT2D eigenvalue weighted by atomic mass is 10.1. The Balaban J connectivity index is 1.81. The molecule has 1 aromatic heterocycles. The Hall–Kier alpha value is -2.66. The lowest BCUT2D eigenvalue weighted by Gasteiger charge is -2.09. The summed E-state index contributed by atoms with van der Waals surface area (Å²) in [6.07, 6.45) is 2.37. The molecule has 0 radical (unpaired) electrons. The van der Waals surface area contributed by atoms with Crippen LogP contribution < -0.4 is 21.8 Å². The lowest BCUT2D eigenvalue weighted by molar-refractivity contribution is 0.242. The molecule has 106 valence electrons. The third-order valence-electron chi connectivity index (χ3n) is 3.19. The van der Waals surface area contributed by atoms with Gasteiger partial charge in [0.25, 0.3) is 0 Å². The van der Waals surface area contributed by atoms with Crippen LogP contribution in [-0.2, 0) is 11.3 Å². The second-order valence-corrected chi connectivity index (χ2v) is 4.84. The van der Waals surface area contributed by atoms with E-state index in [1.54, 1.807) is 6.20 Å². The maximum Gasteiger partial charge on any atom is 0.241 e. The number of hydrogen-bond donors (Lipinski definition) is 2. The van der Waals surface area contributed by atoms with Crippen LogP contribution in [0, 0.1) is 0 Å². The van der Waals surface area contributed by atoms with Crippen molar-refractivity contribution in [3.8, 4) is 0 Å². The Morgan fingerprint density at radius 3 is 2.71 bits per heavy atom. The normalized spacial score (nSPS) is 17.7. The van der Waals surface area contributed by atoms with E-state index in [0.717, 1.165) is 10.8 Å². The number of benzene rings is 1. The molecule has 0 saturated heterocycles. The van der Waals surface area contributed by atoms with E-state index in [9.17, 15) is 0 Å². The van der Waals surface area contributed by atoms with Crippen LogP contribution in [-0.4, -0.2) is 16.9 Å². The fraction of sp³-hybridized carbons (Fsp3) is 0.125. The molecular weight excluding hydrogens is 264 g/mol. The summed E-state index contributed by atoms with van der Waals surface area (Å²) in [5, 5.41) is 1.55. The van der Waals surface area contributed by atoms with Crippen molar-refractivity contribution in [1.82, 2.24) is 10.5 Å². The van der Waals surface area contributed by atoms with Gasteiger partial charge in [-0.05, 0) is 24.1 Å². The molecule has 5 nitrogen and oxygen atoms in total. The summed E-state index contributed by atoms with van der Waals surface area (Å²) >= 11 is 0. The quantitative estimate of drug-likeness (QED) is 0.834. The highest BCUT2D eigenvalue weighted by atomic mass is 16.7. The van der Waals surface area contributed by atoms with Gasteiger partial charge in [-0.25, -0.2) is 5.48 Å². The van der Waals surface area contributed by atoms with Crippen LogP contribution >= 0.6 is 0 Å². The smallest absolute Gasteiger partial charge is 0.241 e. The average molecular weight is 280 g/mol. The number of aromatic nitrogens is 1. The first kappa shape index (κ1) is 13.3. The van der Waals surface area contributed by atoms with E-state index in [1.807, 2.05) is 42.5 Å². The van der Waals surface area contributed by atoms with Crippen molar-refractivity contribution in [3.63, 3.8) is 0 Å². The summed E-state index contributed by atoms with van der Waals surface area (Å²) in [7, 11) is 0. The van der Waals surface area contributed by atoms with Gasteiger partial charge < -0.3 is 10.6 Å². The van der Waals surface area contributed by atoms with E-state index in [4.69, 9.17) is 10.6 Å². The highest BCUT2D eigenvalue weighted by Crippen LogP contribution is 2.08. The van der Waals surface area contributed by atoms with Crippen molar-refractivity contribution < 1.29 is 4.84 Å². The Bertz CT molecular complexity index is 747. The van der Waals surface area contributed by atoms with E-state index in [2.05, 4.69) is 22.0 Å². The fourth-order valence-corrected chi connectivity index (χ4v) is 2.06. The molecule has 0 amide bonds. The standard InChI is InChI=1S/C16H16N4O/c1-11-7-8-13(10-18-11)15-19-16(21-20-15)14(17)9-12-5-3-2-4-6-12/h2-8,10,14,20H,1,9,17H2/t14-/m0/s1. The number of pyridine rings is 1. The molecule has 1 aromatic carbocycles. The molecule has 0 saturated carbocycles. The third kappa shape index (κ3) is 3.09. The molecule has 1 aliphatic heterocycles. The van der Waals surface area contributed by atoms with Gasteiger partial charge in [0.15, 0.2) is 5.82 Å². The molecule has 1 aliphatic rings. The molecular formula is C16H16N4O. The number of hydrogen-bond acceptors (Lipinski definition) is 5. The zero-order valence-electron chi connectivity index (χ0n) is 11.5. The SMILES string of the molecule is C=c1ccc(=C2N=C([C@@H](N)Cc3ccccc3)ON2)cn1. The van der Waals surface area contributed by atoms with Crippen LogP contribution in [0.5, 0.6) is 0 Å². The van der Waals surface area contributed by atoms with E-state index in [1.165, 1.54) is 0 Å². The second kappa shape index (κ2) is 5.76. The van der Waals surface area contributed by atoms with Crippen molar-refractivity contribution in [2.24, 2.45) is 10.7 Å². The first-order chi connectivity index (χ1) is 10.2. The van der Waals surface area contributed by atoms with Gasteiger partial charge >= 0.3 is 0 Å². The molecule has 0 unspecified atom stereocenters. The van der Waals surface area contributed by atoms with Gasteiger partial charge in [-0.2, -0.15) is 4.99 Å². The maximum atomic E-state index is 6.14. The average Bonchev–Trinajstić information content (AvgIpc) is 2.99. The summed E-state index contributed by atoms with van der Waals surface area (Å²) in [6, 6.07) is 13.4. The number of nitrogens with zero attached hydrogens (tertiary/aromatic N) is 2. The van der Waals surface area contributed by atoms with Gasteiger partial charge in [-0.1, -0.05) is 36.9 Å². The molecule has 21 heavy (non-hydrogen) atoms. The van der Waals surface area contributed by atoms with Gasteiger partial charge in [0.2, 0.25) is 5.90 Å². The minimum absolute atomic E-state index is 0.294. The monoisotopic (exact) mass is 280 g/mol. The predicted molar refractivity (Wildman–Crippen MR) is 82.2 cm³/mol. The van der Waals surface area contributed by atoms with Gasteiger partial charge in [0.05, 0.1) is 11.4 Å². The molecule has 0 fully saturated rings. The zero-order valence-corrected chi connectivity index (χ0v) is 11.5. The van der Waals surface area contributed by atoms with Crippen LogP contribution in [0.2, 0.25) is 0 Å². The Morgan fingerprint density at radius 2 is 2.00 bits per heavy atom. The van der Waals surface area contributed by atoms with Gasteiger partial charge in [0, 0.05) is 11.4 Å².